The van der Waals surface area contributed by atoms with E-state index in [0.29, 0.717) is 5.92 Å². The lowest BCUT2D eigenvalue weighted by molar-refractivity contribution is 0.357. The van der Waals surface area contributed by atoms with Crippen LogP contribution in [0, 0.1) is 0 Å². The monoisotopic (exact) mass is 333 g/mol. The van der Waals surface area contributed by atoms with Gasteiger partial charge < -0.3 is 5.73 Å². The highest BCUT2D eigenvalue weighted by Gasteiger charge is 2.28. The third-order valence-corrected chi connectivity index (χ3v) is 4.31. The first kappa shape index (κ1) is 12.2. The Bertz CT molecular complexity index is 378. The highest BCUT2D eigenvalue weighted by atomic mass is 127. The summed E-state index contributed by atoms with van der Waals surface area (Å²) in [6, 6.07) is 2.06. The van der Waals surface area contributed by atoms with Crippen molar-refractivity contribution in [2.45, 2.75) is 55.4 Å². The molecule has 1 aromatic heterocycles. The number of alkyl halides is 1. The average molecular weight is 333 g/mol. The van der Waals surface area contributed by atoms with E-state index in [1.165, 1.54) is 25.0 Å². The molecule has 1 aliphatic rings. The quantitative estimate of drug-likeness (QED) is 0.633. The molecule has 0 aromatic carbocycles. The van der Waals surface area contributed by atoms with E-state index in [-0.39, 0.29) is 5.54 Å². The van der Waals surface area contributed by atoms with Crippen LogP contribution in [-0.4, -0.2) is 13.7 Å². The number of nitrogens with two attached hydrogens (primary N) is 1. The summed E-state index contributed by atoms with van der Waals surface area (Å²) in [4.78, 5) is 0. The Morgan fingerprint density at radius 1 is 1.44 bits per heavy atom. The number of nitrogen functional groups attached to an aromatic ring is 1. The van der Waals surface area contributed by atoms with Crippen LogP contribution in [0.4, 0.5) is 5.82 Å². The van der Waals surface area contributed by atoms with Crippen molar-refractivity contribution in [2.75, 3.05) is 5.73 Å². The molecule has 0 saturated heterocycles. The lowest BCUT2D eigenvalue weighted by Crippen LogP contribution is -2.24. The Kier molecular flexibility index (Phi) is 3.20. The molecule has 0 radical (unpaired) electrons. The molecule has 2 N–H and O–H groups in total. The molecule has 16 heavy (non-hydrogen) atoms. The van der Waals surface area contributed by atoms with Gasteiger partial charge in [0.05, 0.1) is 11.2 Å². The summed E-state index contributed by atoms with van der Waals surface area (Å²) in [5.74, 6) is 1.41. The van der Waals surface area contributed by atoms with Crippen LogP contribution in [0.3, 0.4) is 0 Å². The summed E-state index contributed by atoms with van der Waals surface area (Å²) >= 11 is 2.54. The minimum Gasteiger partial charge on any atom is -0.384 e. The predicted molar refractivity (Wildman–Crippen MR) is 76.0 cm³/mol. The van der Waals surface area contributed by atoms with Gasteiger partial charge in [0, 0.05) is 15.9 Å². The van der Waals surface area contributed by atoms with Crippen molar-refractivity contribution < 1.29 is 0 Å². The minimum absolute atomic E-state index is 0.0232. The van der Waals surface area contributed by atoms with Gasteiger partial charge in [0.1, 0.15) is 5.82 Å². The summed E-state index contributed by atoms with van der Waals surface area (Å²) in [5, 5.41) is 4.69. The molecule has 90 valence electrons. The molecule has 1 saturated carbocycles. The summed E-state index contributed by atoms with van der Waals surface area (Å²) in [7, 11) is 0. The second-order valence-corrected chi connectivity index (χ2v) is 7.45. The Morgan fingerprint density at radius 2 is 2.12 bits per heavy atom. The first-order chi connectivity index (χ1) is 7.38. The second kappa shape index (κ2) is 4.20. The fourth-order valence-electron chi connectivity index (χ4n) is 2.35. The average Bonchev–Trinajstić information content (AvgIpc) is 2.70. The third-order valence-electron chi connectivity index (χ3n) is 3.18. The summed E-state index contributed by atoms with van der Waals surface area (Å²) < 4.78 is 2.76. The van der Waals surface area contributed by atoms with Crippen molar-refractivity contribution in [3.63, 3.8) is 0 Å². The number of aromatic nitrogens is 2. The molecule has 0 amide bonds. The molecule has 0 bridgehead atoms. The molecule has 3 nitrogen and oxygen atoms in total. The van der Waals surface area contributed by atoms with Crippen LogP contribution in [0.15, 0.2) is 6.07 Å². The second-order valence-electron chi connectivity index (χ2n) is 5.68. The van der Waals surface area contributed by atoms with E-state index >= 15 is 0 Å². The molecular formula is C12H20IN3. The van der Waals surface area contributed by atoms with E-state index in [4.69, 9.17) is 5.73 Å². The Balaban J connectivity index is 2.24. The molecule has 0 spiro atoms. The van der Waals surface area contributed by atoms with Gasteiger partial charge in [0.15, 0.2) is 0 Å². The molecule has 1 heterocycles. The van der Waals surface area contributed by atoms with E-state index in [1.807, 2.05) is 4.68 Å². The van der Waals surface area contributed by atoms with Crippen molar-refractivity contribution >= 4 is 28.4 Å². The first-order valence-electron chi connectivity index (χ1n) is 5.88. The van der Waals surface area contributed by atoms with Crippen LogP contribution in [0.1, 0.15) is 51.6 Å². The fraction of sp³-hybridized carbons (Fsp3) is 0.750. The van der Waals surface area contributed by atoms with Crippen LogP contribution < -0.4 is 5.73 Å². The number of halogens is 1. The number of hydrogen-bond donors (Lipinski definition) is 1. The molecule has 2 atom stereocenters. The highest BCUT2D eigenvalue weighted by molar-refractivity contribution is 14.1. The van der Waals surface area contributed by atoms with Crippen LogP contribution >= 0.6 is 22.6 Å². The Hall–Kier alpha value is -0.260. The minimum atomic E-state index is -0.0232. The van der Waals surface area contributed by atoms with Gasteiger partial charge in [-0.3, -0.25) is 0 Å². The maximum Gasteiger partial charge on any atom is 0.122 e. The van der Waals surface area contributed by atoms with Crippen LogP contribution in [-0.2, 0) is 5.54 Å². The van der Waals surface area contributed by atoms with Crippen molar-refractivity contribution in [2.24, 2.45) is 0 Å². The maximum atomic E-state index is 6.03. The number of nitrogens with zero attached hydrogens (tertiary/aromatic N) is 2. The molecule has 4 heteroatoms. The molecule has 1 unspecified atom stereocenters. The molecule has 1 aliphatic carbocycles. The van der Waals surface area contributed by atoms with Gasteiger partial charge in [0.2, 0.25) is 0 Å². The van der Waals surface area contributed by atoms with Gasteiger partial charge in [-0.25, -0.2) is 4.68 Å². The summed E-state index contributed by atoms with van der Waals surface area (Å²) in [6.45, 7) is 6.40. The van der Waals surface area contributed by atoms with Crippen molar-refractivity contribution in [1.82, 2.24) is 9.78 Å². The van der Waals surface area contributed by atoms with E-state index in [2.05, 4.69) is 54.5 Å². The normalized spacial score (nSPS) is 26.2. The van der Waals surface area contributed by atoms with E-state index in [0.717, 1.165) is 9.74 Å². The summed E-state index contributed by atoms with van der Waals surface area (Å²) in [5.41, 5.74) is 7.19. The van der Waals surface area contributed by atoms with Crippen molar-refractivity contribution in [1.29, 1.82) is 0 Å². The van der Waals surface area contributed by atoms with E-state index in [9.17, 15) is 0 Å². The number of anilines is 1. The predicted octanol–water partition coefficient (Wildman–Crippen LogP) is 3.29. The number of rotatable bonds is 1. The molecule has 1 aromatic rings. The topological polar surface area (TPSA) is 43.8 Å². The van der Waals surface area contributed by atoms with Gasteiger partial charge in [-0.1, -0.05) is 22.6 Å². The molecule has 2 rings (SSSR count). The zero-order chi connectivity index (χ0) is 11.9. The standard InChI is InChI=1S/C12H20IN3/c1-12(2,3)16-11(14)7-10(15-16)8-4-5-9(13)6-8/h7-9H,4-6,14H2,1-3H3/t8-,9?/m0/s1. The zero-order valence-electron chi connectivity index (χ0n) is 10.2. The smallest absolute Gasteiger partial charge is 0.122 e. The van der Waals surface area contributed by atoms with Crippen LogP contribution in [0.2, 0.25) is 0 Å². The Labute approximate surface area is 111 Å². The summed E-state index contributed by atoms with van der Waals surface area (Å²) in [6.07, 6.45) is 3.82. The third kappa shape index (κ3) is 2.36. The van der Waals surface area contributed by atoms with Gasteiger partial charge in [-0.15, -0.1) is 0 Å². The van der Waals surface area contributed by atoms with Crippen LogP contribution in [0.5, 0.6) is 0 Å². The van der Waals surface area contributed by atoms with E-state index < -0.39 is 0 Å². The van der Waals surface area contributed by atoms with Gasteiger partial charge >= 0.3 is 0 Å². The Morgan fingerprint density at radius 3 is 2.56 bits per heavy atom. The SMILES string of the molecule is CC(C)(C)n1nc([C@H]2CCC(I)C2)cc1N. The van der Waals surface area contributed by atoms with E-state index in [1.54, 1.807) is 0 Å². The molecule has 1 fully saturated rings. The lowest BCUT2D eigenvalue weighted by atomic mass is 10.0. The molecule has 0 aliphatic heterocycles. The first-order valence-corrected chi connectivity index (χ1v) is 7.12. The molecular weight excluding hydrogens is 313 g/mol. The number of hydrogen-bond acceptors (Lipinski definition) is 2. The highest BCUT2D eigenvalue weighted by Crippen LogP contribution is 2.38. The van der Waals surface area contributed by atoms with Crippen molar-refractivity contribution in [3.05, 3.63) is 11.8 Å². The van der Waals surface area contributed by atoms with Gasteiger partial charge in [-0.2, -0.15) is 5.10 Å². The van der Waals surface area contributed by atoms with Crippen LogP contribution in [0.25, 0.3) is 0 Å². The van der Waals surface area contributed by atoms with Crippen molar-refractivity contribution in [3.8, 4) is 0 Å². The zero-order valence-corrected chi connectivity index (χ0v) is 12.4. The lowest BCUT2D eigenvalue weighted by Gasteiger charge is -2.20. The largest absolute Gasteiger partial charge is 0.384 e. The van der Waals surface area contributed by atoms with Gasteiger partial charge in [-0.05, 0) is 40.0 Å². The maximum absolute atomic E-state index is 6.03. The fourth-order valence-corrected chi connectivity index (χ4v) is 3.32. The van der Waals surface area contributed by atoms with Gasteiger partial charge in [0.25, 0.3) is 0 Å².